The van der Waals surface area contributed by atoms with Crippen LogP contribution in [-0.4, -0.2) is 9.97 Å². The van der Waals surface area contributed by atoms with Crippen molar-refractivity contribution in [1.29, 1.82) is 0 Å². The van der Waals surface area contributed by atoms with E-state index in [9.17, 15) is 4.39 Å². The molecule has 5 heteroatoms. The summed E-state index contributed by atoms with van der Waals surface area (Å²) in [5, 5.41) is 1.12. The molecule has 0 fully saturated rings. The molecular weight excluding hydrogens is 247 g/mol. The second-order valence-corrected chi connectivity index (χ2v) is 4.41. The third-order valence-corrected chi connectivity index (χ3v) is 3.19. The highest BCUT2D eigenvalue weighted by Crippen LogP contribution is 2.24. The van der Waals surface area contributed by atoms with Crippen LogP contribution in [0.15, 0.2) is 41.8 Å². The first-order valence-corrected chi connectivity index (χ1v) is 5.96. The van der Waals surface area contributed by atoms with Gasteiger partial charge in [-0.3, -0.25) is 0 Å². The number of hydrogen-bond donors (Lipinski definition) is 0. The predicted octanol–water partition coefficient (Wildman–Crippen LogP) is 3.56. The van der Waals surface area contributed by atoms with E-state index in [0.717, 1.165) is 5.56 Å². The molecule has 2 aromatic rings. The molecule has 0 saturated carbocycles. The molecule has 0 unspecified atom stereocenters. The first-order valence-electron chi connectivity index (χ1n) is 4.59. The summed E-state index contributed by atoms with van der Waals surface area (Å²) in [6, 6.07) is 6.14. The lowest BCUT2D eigenvalue weighted by Crippen LogP contribution is -1.87. The van der Waals surface area contributed by atoms with Crippen LogP contribution in [0.5, 0.6) is 0 Å². The molecule has 0 amide bonds. The Morgan fingerprint density at radius 3 is 2.69 bits per heavy atom. The minimum absolute atomic E-state index is 0.324. The monoisotopic (exact) mass is 254 g/mol. The quantitative estimate of drug-likeness (QED) is 0.619. The molecule has 0 aliphatic carbocycles. The number of aromatic nitrogens is 2. The molecule has 0 N–H and O–H groups in total. The van der Waals surface area contributed by atoms with Gasteiger partial charge in [0.25, 0.3) is 0 Å². The molecule has 0 spiro atoms. The van der Waals surface area contributed by atoms with Crippen molar-refractivity contribution in [3.8, 4) is 0 Å². The molecule has 0 bridgehead atoms. The van der Waals surface area contributed by atoms with E-state index in [0.29, 0.717) is 15.9 Å². The smallest absolute Gasteiger partial charge is 0.187 e. The lowest BCUT2D eigenvalue weighted by atomic mass is 10.2. The molecule has 2 rings (SSSR count). The lowest BCUT2D eigenvalue weighted by Gasteiger charge is -2.02. The summed E-state index contributed by atoms with van der Waals surface area (Å²) < 4.78 is 12.8. The second kappa shape index (κ2) is 5.27. The van der Waals surface area contributed by atoms with Crippen LogP contribution in [0.1, 0.15) is 5.56 Å². The maximum atomic E-state index is 12.8. The van der Waals surface area contributed by atoms with Crippen LogP contribution in [0.25, 0.3) is 0 Å². The van der Waals surface area contributed by atoms with Gasteiger partial charge < -0.3 is 0 Å². The third-order valence-electron chi connectivity index (χ3n) is 1.91. The predicted molar refractivity (Wildman–Crippen MR) is 63.0 cm³/mol. The zero-order valence-electron chi connectivity index (χ0n) is 8.23. The molecule has 2 nitrogen and oxygen atoms in total. The number of benzene rings is 1. The average Bonchev–Trinajstić information content (AvgIpc) is 2.29. The minimum atomic E-state index is -0.324. The van der Waals surface area contributed by atoms with E-state index in [1.54, 1.807) is 24.5 Å². The highest BCUT2D eigenvalue weighted by molar-refractivity contribution is 7.98. The number of hydrogen-bond acceptors (Lipinski definition) is 3. The second-order valence-electron chi connectivity index (χ2n) is 3.06. The van der Waals surface area contributed by atoms with Crippen LogP contribution in [0, 0.1) is 5.82 Å². The SMILES string of the molecule is Fc1ccc(CSc2ncccn2)c(Cl)c1. The van der Waals surface area contributed by atoms with Gasteiger partial charge in [-0.05, 0) is 23.8 Å². The van der Waals surface area contributed by atoms with E-state index in [4.69, 9.17) is 11.6 Å². The lowest BCUT2D eigenvalue weighted by molar-refractivity contribution is 0.627. The molecule has 1 aromatic carbocycles. The molecule has 16 heavy (non-hydrogen) atoms. The number of halogens is 2. The Kier molecular flexibility index (Phi) is 3.74. The fraction of sp³-hybridized carbons (Fsp3) is 0.0909. The Balaban J connectivity index is 2.05. The molecular formula is C11H8ClFN2S. The summed E-state index contributed by atoms with van der Waals surface area (Å²) in [7, 11) is 0. The topological polar surface area (TPSA) is 25.8 Å². The van der Waals surface area contributed by atoms with Crippen LogP contribution >= 0.6 is 23.4 Å². The molecule has 0 aliphatic rings. The van der Waals surface area contributed by atoms with E-state index in [1.807, 2.05) is 0 Å². The van der Waals surface area contributed by atoms with Gasteiger partial charge in [-0.15, -0.1) is 0 Å². The Morgan fingerprint density at radius 2 is 2.00 bits per heavy atom. The van der Waals surface area contributed by atoms with Crippen LogP contribution in [0.2, 0.25) is 5.02 Å². The van der Waals surface area contributed by atoms with Crippen LogP contribution in [0.4, 0.5) is 4.39 Å². The summed E-state index contributed by atoms with van der Waals surface area (Å²) >= 11 is 7.37. The van der Waals surface area contributed by atoms with Gasteiger partial charge in [0.15, 0.2) is 5.16 Å². The van der Waals surface area contributed by atoms with Gasteiger partial charge in [0.1, 0.15) is 5.82 Å². The maximum absolute atomic E-state index is 12.8. The first kappa shape index (κ1) is 11.4. The molecule has 0 radical (unpaired) electrons. The number of thioether (sulfide) groups is 1. The van der Waals surface area contributed by atoms with Crippen molar-refractivity contribution >= 4 is 23.4 Å². The Bertz CT molecular complexity index is 479. The molecule has 0 atom stereocenters. The fourth-order valence-corrected chi connectivity index (χ4v) is 2.26. The zero-order valence-corrected chi connectivity index (χ0v) is 9.80. The normalized spacial score (nSPS) is 10.4. The van der Waals surface area contributed by atoms with Crippen LogP contribution < -0.4 is 0 Å². The summed E-state index contributed by atoms with van der Waals surface area (Å²) in [5.41, 5.74) is 0.875. The van der Waals surface area contributed by atoms with E-state index in [2.05, 4.69) is 9.97 Å². The Labute approximate surface area is 102 Å². The van der Waals surface area contributed by atoms with Crippen LogP contribution in [-0.2, 0) is 5.75 Å². The van der Waals surface area contributed by atoms with Crippen molar-refractivity contribution in [2.24, 2.45) is 0 Å². The van der Waals surface area contributed by atoms with Crippen molar-refractivity contribution in [2.75, 3.05) is 0 Å². The third kappa shape index (κ3) is 2.93. The molecule has 82 valence electrons. The summed E-state index contributed by atoms with van der Waals surface area (Å²) in [4.78, 5) is 8.15. The standard InChI is InChI=1S/C11H8ClFN2S/c12-10-6-9(13)3-2-8(10)7-16-11-14-4-1-5-15-11/h1-6H,7H2. The van der Waals surface area contributed by atoms with Gasteiger partial charge in [-0.1, -0.05) is 29.4 Å². The van der Waals surface area contributed by atoms with Gasteiger partial charge in [0.05, 0.1) is 0 Å². The van der Waals surface area contributed by atoms with Gasteiger partial charge in [0.2, 0.25) is 0 Å². The largest absolute Gasteiger partial charge is 0.231 e. The van der Waals surface area contributed by atoms with E-state index in [1.165, 1.54) is 23.9 Å². The summed E-state index contributed by atoms with van der Waals surface area (Å²) in [6.07, 6.45) is 3.36. The van der Waals surface area contributed by atoms with Crippen molar-refractivity contribution in [3.63, 3.8) is 0 Å². The van der Waals surface area contributed by atoms with Crippen molar-refractivity contribution in [2.45, 2.75) is 10.9 Å². The van der Waals surface area contributed by atoms with Crippen molar-refractivity contribution < 1.29 is 4.39 Å². The maximum Gasteiger partial charge on any atom is 0.187 e. The average molecular weight is 255 g/mol. The van der Waals surface area contributed by atoms with Gasteiger partial charge in [-0.2, -0.15) is 0 Å². The van der Waals surface area contributed by atoms with E-state index in [-0.39, 0.29) is 5.82 Å². The minimum Gasteiger partial charge on any atom is -0.231 e. The fourth-order valence-electron chi connectivity index (χ4n) is 1.14. The Hall–Kier alpha value is -1.13. The molecule has 0 aliphatic heterocycles. The summed E-state index contributed by atoms with van der Waals surface area (Å²) in [6.45, 7) is 0. The number of rotatable bonds is 3. The summed E-state index contributed by atoms with van der Waals surface area (Å²) in [5.74, 6) is 0.304. The molecule has 1 aromatic heterocycles. The van der Waals surface area contributed by atoms with E-state index >= 15 is 0 Å². The van der Waals surface area contributed by atoms with Gasteiger partial charge in [-0.25, -0.2) is 14.4 Å². The molecule has 0 saturated heterocycles. The highest BCUT2D eigenvalue weighted by atomic mass is 35.5. The molecule has 1 heterocycles. The van der Waals surface area contributed by atoms with Crippen molar-refractivity contribution in [3.05, 3.63) is 53.1 Å². The van der Waals surface area contributed by atoms with Gasteiger partial charge >= 0.3 is 0 Å². The van der Waals surface area contributed by atoms with Crippen molar-refractivity contribution in [1.82, 2.24) is 9.97 Å². The van der Waals surface area contributed by atoms with Gasteiger partial charge in [0, 0.05) is 23.2 Å². The number of nitrogens with zero attached hydrogens (tertiary/aromatic N) is 2. The van der Waals surface area contributed by atoms with E-state index < -0.39 is 0 Å². The Morgan fingerprint density at radius 1 is 1.25 bits per heavy atom. The van der Waals surface area contributed by atoms with Crippen LogP contribution in [0.3, 0.4) is 0 Å². The first-order chi connectivity index (χ1) is 7.75. The zero-order chi connectivity index (χ0) is 11.4. The highest BCUT2D eigenvalue weighted by Gasteiger charge is 2.03.